The lowest BCUT2D eigenvalue weighted by molar-refractivity contribution is 0.102. The van der Waals surface area contributed by atoms with Gasteiger partial charge in [-0.1, -0.05) is 35.5 Å². The van der Waals surface area contributed by atoms with Gasteiger partial charge in [-0.25, -0.2) is 4.98 Å². The Morgan fingerprint density at radius 3 is 2.75 bits per heavy atom. The van der Waals surface area contributed by atoms with E-state index in [1.54, 1.807) is 19.2 Å². The van der Waals surface area contributed by atoms with E-state index in [1.807, 2.05) is 30.3 Å². The minimum atomic E-state index is -0.360. The Kier molecular flexibility index (Phi) is 4.61. The highest BCUT2D eigenvalue weighted by molar-refractivity contribution is 9.10. The van der Waals surface area contributed by atoms with Crippen molar-refractivity contribution in [2.45, 2.75) is 6.92 Å². The summed E-state index contributed by atoms with van der Waals surface area (Å²) < 4.78 is 11.2. The number of carbonyl (C=O) groups excluding carboxylic acids is 1. The molecule has 0 aliphatic rings. The third-order valence-electron chi connectivity index (χ3n) is 3.41. The number of aryl methyl sites for hydroxylation is 1. The topological polar surface area (TPSA) is 77.2 Å². The summed E-state index contributed by atoms with van der Waals surface area (Å²) in [5.41, 5.74) is 1.66. The molecule has 1 aromatic carbocycles. The average Bonchev–Trinajstić information content (AvgIpc) is 2.99. The summed E-state index contributed by atoms with van der Waals surface area (Å²) in [6.45, 7) is 1.70. The SMILES string of the molecule is COc1cc(Br)cnc1NC(=O)c1c(-c2ccccc2)noc1C. The van der Waals surface area contributed by atoms with Crippen molar-refractivity contribution >= 4 is 27.7 Å². The number of ether oxygens (including phenoxy) is 1. The Morgan fingerprint density at radius 2 is 2.04 bits per heavy atom. The Morgan fingerprint density at radius 1 is 1.29 bits per heavy atom. The molecule has 2 aromatic heterocycles. The van der Waals surface area contributed by atoms with E-state index in [0.29, 0.717) is 28.6 Å². The van der Waals surface area contributed by atoms with Gasteiger partial charge in [0.1, 0.15) is 17.0 Å². The molecule has 7 heteroatoms. The number of hydrogen-bond acceptors (Lipinski definition) is 5. The molecule has 0 spiro atoms. The van der Waals surface area contributed by atoms with Crippen molar-refractivity contribution in [3.05, 3.63) is 58.4 Å². The monoisotopic (exact) mass is 387 g/mol. The maximum Gasteiger partial charge on any atom is 0.262 e. The molecule has 122 valence electrons. The lowest BCUT2D eigenvalue weighted by atomic mass is 10.1. The first kappa shape index (κ1) is 16.2. The Labute approximate surface area is 147 Å². The average molecular weight is 388 g/mol. The Balaban J connectivity index is 1.96. The lowest BCUT2D eigenvalue weighted by Gasteiger charge is -2.09. The fraction of sp³-hybridized carbons (Fsp3) is 0.118. The summed E-state index contributed by atoms with van der Waals surface area (Å²) in [7, 11) is 1.51. The number of nitrogens with zero attached hydrogens (tertiary/aromatic N) is 2. The highest BCUT2D eigenvalue weighted by Crippen LogP contribution is 2.29. The number of anilines is 1. The van der Waals surface area contributed by atoms with Gasteiger partial charge < -0.3 is 14.6 Å². The van der Waals surface area contributed by atoms with Gasteiger partial charge in [0.2, 0.25) is 0 Å². The predicted molar refractivity (Wildman–Crippen MR) is 93.1 cm³/mol. The van der Waals surface area contributed by atoms with Gasteiger partial charge in [-0.3, -0.25) is 4.79 Å². The van der Waals surface area contributed by atoms with Crippen LogP contribution in [0.15, 0.2) is 51.6 Å². The molecule has 1 N–H and O–H groups in total. The second kappa shape index (κ2) is 6.84. The van der Waals surface area contributed by atoms with Gasteiger partial charge in [-0.05, 0) is 28.9 Å². The first-order valence-electron chi connectivity index (χ1n) is 7.12. The zero-order valence-corrected chi connectivity index (χ0v) is 14.6. The molecule has 0 atom stereocenters. The standard InChI is InChI=1S/C17H14BrN3O3/c1-10-14(15(21-24-10)11-6-4-3-5-7-11)17(22)20-16-13(23-2)8-12(18)9-19-16/h3-9H,1-2H3,(H,19,20,22). The second-order valence-corrected chi connectivity index (χ2v) is 5.90. The highest BCUT2D eigenvalue weighted by Gasteiger charge is 2.23. The van der Waals surface area contributed by atoms with Gasteiger partial charge in [0.05, 0.1) is 7.11 Å². The molecule has 3 aromatic rings. The molecule has 0 fully saturated rings. The lowest BCUT2D eigenvalue weighted by Crippen LogP contribution is -2.15. The zero-order chi connectivity index (χ0) is 17.1. The zero-order valence-electron chi connectivity index (χ0n) is 13.0. The van der Waals surface area contributed by atoms with Crippen molar-refractivity contribution in [1.82, 2.24) is 10.1 Å². The number of nitrogens with one attached hydrogen (secondary N) is 1. The quantitative estimate of drug-likeness (QED) is 0.729. The number of benzene rings is 1. The maximum atomic E-state index is 12.7. The van der Waals surface area contributed by atoms with Gasteiger partial charge in [-0.2, -0.15) is 0 Å². The molecule has 24 heavy (non-hydrogen) atoms. The fourth-order valence-electron chi connectivity index (χ4n) is 2.27. The van der Waals surface area contributed by atoms with Crippen LogP contribution in [-0.2, 0) is 0 Å². The highest BCUT2D eigenvalue weighted by atomic mass is 79.9. The van der Waals surface area contributed by atoms with E-state index in [0.717, 1.165) is 10.0 Å². The minimum Gasteiger partial charge on any atom is -0.493 e. The van der Waals surface area contributed by atoms with Gasteiger partial charge in [0, 0.05) is 16.2 Å². The van der Waals surface area contributed by atoms with Crippen LogP contribution >= 0.6 is 15.9 Å². The molecule has 2 heterocycles. The van der Waals surface area contributed by atoms with Crippen LogP contribution in [0.25, 0.3) is 11.3 Å². The molecule has 1 amide bonds. The summed E-state index contributed by atoms with van der Waals surface area (Å²) in [6.07, 6.45) is 1.58. The Hall–Kier alpha value is -2.67. The normalized spacial score (nSPS) is 10.5. The number of carbonyl (C=O) groups is 1. The van der Waals surface area contributed by atoms with Crippen molar-refractivity contribution in [3.8, 4) is 17.0 Å². The third kappa shape index (κ3) is 3.16. The van der Waals surface area contributed by atoms with E-state index in [4.69, 9.17) is 9.26 Å². The number of pyridine rings is 1. The van der Waals surface area contributed by atoms with Gasteiger partial charge in [0.15, 0.2) is 11.6 Å². The van der Waals surface area contributed by atoms with Crippen molar-refractivity contribution < 1.29 is 14.1 Å². The van der Waals surface area contributed by atoms with Crippen LogP contribution in [0.5, 0.6) is 5.75 Å². The Bertz CT molecular complexity index is 878. The van der Waals surface area contributed by atoms with Crippen LogP contribution in [0.2, 0.25) is 0 Å². The van der Waals surface area contributed by atoms with Crippen LogP contribution in [0.4, 0.5) is 5.82 Å². The van der Waals surface area contributed by atoms with E-state index >= 15 is 0 Å². The maximum absolute atomic E-state index is 12.7. The summed E-state index contributed by atoms with van der Waals surface area (Å²) in [5.74, 6) is 0.849. The number of amides is 1. The van der Waals surface area contributed by atoms with Gasteiger partial charge in [0.25, 0.3) is 5.91 Å². The van der Waals surface area contributed by atoms with Crippen LogP contribution < -0.4 is 10.1 Å². The molecular formula is C17H14BrN3O3. The van der Waals surface area contributed by atoms with Crippen LogP contribution in [0.1, 0.15) is 16.1 Å². The van der Waals surface area contributed by atoms with Crippen molar-refractivity contribution in [2.75, 3.05) is 12.4 Å². The fourth-order valence-corrected chi connectivity index (χ4v) is 2.58. The molecule has 0 aliphatic heterocycles. The van der Waals surface area contributed by atoms with Crippen molar-refractivity contribution in [2.24, 2.45) is 0 Å². The molecule has 0 aliphatic carbocycles. The number of methoxy groups -OCH3 is 1. The third-order valence-corrected chi connectivity index (χ3v) is 3.84. The van der Waals surface area contributed by atoms with Gasteiger partial charge in [-0.15, -0.1) is 0 Å². The van der Waals surface area contributed by atoms with E-state index in [2.05, 4.69) is 31.4 Å². The van der Waals surface area contributed by atoms with E-state index in [-0.39, 0.29) is 5.91 Å². The smallest absolute Gasteiger partial charge is 0.262 e. The molecular weight excluding hydrogens is 374 g/mol. The minimum absolute atomic E-state index is 0.324. The number of hydrogen-bond donors (Lipinski definition) is 1. The van der Waals surface area contributed by atoms with Gasteiger partial charge >= 0.3 is 0 Å². The molecule has 6 nitrogen and oxygen atoms in total. The number of halogens is 1. The first-order valence-corrected chi connectivity index (χ1v) is 7.92. The number of rotatable bonds is 4. The van der Waals surface area contributed by atoms with Crippen molar-refractivity contribution in [3.63, 3.8) is 0 Å². The van der Waals surface area contributed by atoms with Crippen LogP contribution in [0.3, 0.4) is 0 Å². The number of aromatic nitrogens is 2. The van der Waals surface area contributed by atoms with E-state index in [1.165, 1.54) is 7.11 Å². The first-order chi connectivity index (χ1) is 11.6. The molecule has 0 unspecified atom stereocenters. The van der Waals surface area contributed by atoms with Crippen LogP contribution in [0, 0.1) is 6.92 Å². The largest absolute Gasteiger partial charge is 0.493 e. The van der Waals surface area contributed by atoms with Crippen molar-refractivity contribution in [1.29, 1.82) is 0 Å². The summed E-state index contributed by atoms with van der Waals surface area (Å²) >= 11 is 3.32. The molecule has 0 saturated heterocycles. The molecule has 3 rings (SSSR count). The van der Waals surface area contributed by atoms with E-state index in [9.17, 15) is 4.79 Å². The molecule has 0 saturated carbocycles. The second-order valence-electron chi connectivity index (χ2n) is 4.99. The molecule has 0 bridgehead atoms. The summed E-state index contributed by atoms with van der Waals surface area (Å²) in [4.78, 5) is 16.9. The van der Waals surface area contributed by atoms with E-state index < -0.39 is 0 Å². The van der Waals surface area contributed by atoms with Crippen LogP contribution in [-0.4, -0.2) is 23.2 Å². The summed E-state index contributed by atoms with van der Waals surface area (Å²) in [5, 5.41) is 6.76. The molecule has 0 radical (unpaired) electrons. The predicted octanol–water partition coefficient (Wildman–Crippen LogP) is 4.07. The summed E-state index contributed by atoms with van der Waals surface area (Å²) in [6, 6.07) is 11.1.